The number of ketones is 1. The molecule has 0 spiro atoms. The molecule has 4 nitrogen and oxygen atoms in total. The maximum atomic E-state index is 9.77. The highest BCUT2D eigenvalue weighted by molar-refractivity contribution is 7.81. The van der Waals surface area contributed by atoms with Gasteiger partial charge in [0.05, 0.1) is 12.3 Å². The number of carbonyl (C=O) groups excluding carboxylic acids is 2. The molecule has 10 heavy (non-hydrogen) atoms. The fourth-order valence-electron chi connectivity index (χ4n) is 0.0645. The van der Waals surface area contributed by atoms with Gasteiger partial charge in [0.15, 0.2) is 5.78 Å². The molecule has 0 radical (unpaired) electrons. The van der Waals surface area contributed by atoms with E-state index in [9.17, 15) is 14.7 Å². The molecule has 0 aliphatic carbocycles. The molecule has 0 amide bonds. The van der Waals surface area contributed by atoms with E-state index in [0.717, 1.165) is 6.54 Å². The second kappa shape index (κ2) is 8.45. The lowest BCUT2D eigenvalue weighted by Crippen LogP contribution is -2.48. The smallest absolute Gasteiger partial charge is 0.187 e. The van der Waals surface area contributed by atoms with Crippen molar-refractivity contribution in [2.24, 2.45) is 0 Å². The van der Waals surface area contributed by atoms with Gasteiger partial charge in [-0.05, 0) is 6.92 Å². The van der Waals surface area contributed by atoms with E-state index in [2.05, 4.69) is 18.4 Å². The van der Waals surface area contributed by atoms with Gasteiger partial charge < -0.3 is 15.6 Å². The third kappa shape index (κ3) is 10.4. The highest BCUT2D eigenvalue weighted by Crippen LogP contribution is 1.72. The SMILES string of the molecule is CC[NH3+].O=C([O-])C(=O)CS. The Bertz CT molecular complexity index is 115. The summed E-state index contributed by atoms with van der Waals surface area (Å²) in [4.78, 5) is 19.2. The minimum absolute atomic E-state index is 0.289. The number of carbonyl (C=O) groups is 2. The van der Waals surface area contributed by atoms with Gasteiger partial charge in [-0.25, -0.2) is 0 Å². The molecule has 0 bridgehead atoms. The van der Waals surface area contributed by atoms with Crippen LogP contribution in [-0.2, 0) is 9.59 Å². The van der Waals surface area contributed by atoms with E-state index in [1.165, 1.54) is 0 Å². The second-order valence-electron chi connectivity index (χ2n) is 1.37. The van der Waals surface area contributed by atoms with Crippen molar-refractivity contribution in [3.05, 3.63) is 0 Å². The molecule has 0 aromatic heterocycles. The van der Waals surface area contributed by atoms with Crippen LogP contribution in [0, 0.1) is 0 Å². The largest absolute Gasteiger partial charge is 0.542 e. The molecule has 0 unspecified atom stereocenters. The van der Waals surface area contributed by atoms with Crippen LogP contribution < -0.4 is 10.8 Å². The fourth-order valence-corrected chi connectivity index (χ4v) is 0.194. The average Bonchev–Trinajstić information content (AvgIpc) is 1.88. The van der Waals surface area contributed by atoms with Crippen LogP contribution in [0.3, 0.4) is 0 Å². The van der Waals surface area contributed by atoms with E-state index >= 15 is 0 Å². The predicted molar refractivity (Wildman–Crippen MR) is 37.3 cm³/mol. The summed E-state index contributed by atoms with van der Waals surface area (Å²) in [6.07, 6.45) is 0. The molecule has 0 aliphatic heterocycles. The molecule has 5 heteroatoms. The van der Waals surface area contributed by atoms with Gasteiger partial charge in [0, 0.05) is 0 Å². The third-order valence-corrected chi connectivity index (χ3v) is 0.658. The van der Waals surface area contributed by atoms with Gasteiger partial charge in [-0.3, -0.25) is 4.79 Å². The summed E-state index contributed by atoms with van der Waals surface area (Å²) in [5.74, 6) is -2.94. The van der Waals surface area contributed by atoms with Crippen molar-refractivity contribution in [3.8, 4) is 0 Å². The van der Waals surface area contributed by atoms with Crippen molar-refractivity contribution in [2.45, 2.75) is 6.92 Å². The van der Waals surface area contributed by atoms with Crippen LogP contribution in [0.2, 0.25) is 0 Å². The van der Waals surface area contributed by atoms with Crippen LogP contribution in [0.1, 0.15) is 6.92 Å². The summed E-state index contributed by atoms with van der Waals surface area (Å²) < 4.78 is 0. The van der Waals surface area contributed by atoms with E-state index in [-0.39, 0.29) is 5.75 Å². The number of Topliss-reactive ketones (excluding diaryl/α,β-unsaturated/α-hetero) is 1. The summed E-state index contributed by atoms with van der Waals surface area (Å²) in [5, 5.41) is 9.42. The van der Waals surface area contributed by atoms with Crippen molar-refractivity contribution in [1.82, 2.24) is 0 Å². The number of carboxylic acids is 1. The van der Waals surface area contributed by atoms with Gasteiger partial charge >= 0.3 is 0 Å². The normalized spacial score (nSPS) is 7.50. The zero-order valence-corrected chi connectivity index (χ0v) is 6.69. The number of quaternary nitrogens is 1. The lowest BCUT2D eigenvalue weighted by Gasteiger charge is -1.91. The Morgan fingerprint density at radius 3 is 1.90 bits per heavy atom. The van der Waals surface area contributed by atoms with Crippen molar-refractivity contribution in [2.75, 3.05) is 12.3 Å². The molecule has 0 aromatic rings. The van der Waals surface area contributed by atoms with E-state index in [4.69, 9.17) is 0 Å². The summed E-state index contributed by atoms with van der Waals surface area (Å²) in [7, 11) is 0. The molecule has 60 valence electrons. The molecule has 0 saturated heterocycles. The monoisotopic (exact) mass is 165 g/mol. The molecule has 3 N–H and O–H groups in total. The van der Waals surface area contributed by atoms with Crippen LogP contribution >= 0.6 is 12.6 Å². The zero-order valence-electron chi connectivity index (χ0n) is 5.79. The van der Waals surface area contributed by atoms with Crippen molar-refractivity contribution in [3.63, 3.8) is 0 Å². The van der Waals surface area contributed by atoms with Gasteiger partial charge in [-0.15, -0.1) is 0 Å². The lowest BCUT2D eigenvalue weighted by atomic mass is 10.5. The number of thiol groups is 1. The Labute approximate surface area is 64.8 Å². The van der Waals surface area contributed by atoms with E-state index < -0.39 is 11.8 Å². The molecule has 0 aromatic carbocycles. The summed E-state index contributed by atoms with van der Waals surface area (Å²) in [6.45, 7) is 3.01. The summed E-state index contributed by atoms with van der Waals surface area (Å²) in [5.41, 5.74) is 3.49. The maximum absolute atomic E-state index is 9.77. The highest BCUT2D eigenvalue weighted by Gasteiger charge is 1.94. The van der Waals surface area contributed by atoms with E-state index in [0.29, 0.717) is 0 Å². The van der Waals surface area contributed by atoms with Gasteiger partial charge in [0.25, 0.3) is 0 Å². The Kier molecular flexibility index (Phi) is 10.3. The van der Waals surface area contributed by atoms with Crippen molar-refractivity contribution in [1.29, 1.82) is 0 Å². The van der Waals surface area contributed by atoms with Gasteiger partial charge in [0.1, 0.15) is 5.97 Å². The van der Waals surface area contributed by atoms with E-state index in [1.807, 2.05) is 6.92 Å². The number of rotatable bonds is 2. The zero-order chi connectivity index (χ0) is 8.57. The Balaban J connectivity index is 0. The average molecular weight is 165 g/mol. The van der Waals surface area contributed by atoms with Crippen molar-refractivity contribution >= 4 is 24.4 Å². The lowest BCUT2D eigenvalue weighted by molar-refractivity contribution is -0.361. The Morgan fingerprint density at radius 2 is 1.90 bits per heavy atom. The molecule has 0 saturated carbocycles. The quantitative estimate of drug-likeness (QED) is 0.350. The number of carboxylic acid groups (broad SMARTS) is 1. The molecule has 0 fully saturated rings. The first-order chi connectivity index (χ1) is 4.59. The fraction of sp³-hybridized carbons (Fsp3) is 0.600. The second-order valence-corrected chi connectivity index (χ2v) is 1.68. The number of hydrogen-bond donors (Lipinski definition) is 2. The van der Waals surface area contributed by atoms with Crippen LogP contribution in [0.25, 0.3) is 0 Å². The molecule has 0 atom stereocenters. The van der Waals surface area contributed by atoms with E-state index in [1.54, 1.807) is 0 Å². The number of hydrogen-bond acceptors (Lipinski definition) is 4. The van der Waals surface area contributed by atoms with Crippen LogP contribution in [0.15, 0.2) is 0 Å². The minimum atomic E-state index is -1.67. The first-order valence-corrected chi connectivity index (χ1v) is 3.37. The summed E-state index contributed by atoms with van der Waals surface area (Å²) in [6, 6.07) is 0. The standard InChI is InChI=1S/C3H4O3S.C2H7N/c4-2(1-7)3(5)6;1-2-3/h7H,1H2,(H,5,6);2-3H2,1H3. The summed E-state index contributed by atoms with van der Waals surface area (Å²) >= 11 is 3.38. The Morgan fingerprint density at radius 1 is 1.60 bits per heavy atom. The van der Waals surface area contributed by atoms with Gasteiger partial charge in [-0.1, -0.05) is 0 Å². The van der Waals surface area contributed by atoms with Crippen LogP contribution in [0.4, 0.5) is 0 Å². The molecular weight excluding hydrogens is 154 g/mol. The molecule has 0 rings (SSSR count). The maximum Gasteiger partial charge on any atom is 0.187 e. The predicted octanol–water partition coefficient (Wildman–Crippen LogP) is -2.52. The Hall–Kier alpha value is -0.550. The minimum Gasteiger partial charge on any atom is -0.542 e. The topological polar surface area (TPSA) is 84.8 Å². The molecule has 0 aliphatic rings. The van der Waals surface area contributed by atoms with Crippen molar-refractivity contribution < 1.29 is 20.4 Å². The van der Waals surface area contributed by atoms with Gasteiger partial charge in [0.2, 0.25) is 0 Å². The van der Waals surface area contributed by atoms with Gasteiger partial charge in [-0.2, -0.15) is 12.6 Å². The molecular formula is C5H11NO3S. The third-order valence-electron chi connectivity index (χ3n) is 0.371. The number of aliphatic carboxylic acids is 1. The first-order valence-electron chi connectivity index (χ1n) is 2.74. The highest BCUT2D eigenvalue weighted by atomic mass is 32.1. The van der Waals surface area contributed by atoms with Crippen LogP contribution in [-0.4, -0.2) is 24.1 Å². The first kappa shape index (κ1) is 12.2. The molecule has 0 heterocycles. The van der Waals surface area contributed by atoms with Crippen LogP contribution in [0.5, 0.6) is 0 Å².